The Kier molecular flexibility index (Phi) is 5.52. The first-order chi connectivity index (χ1) is 13.2. The fraction of sp³-hybridized carbons (Fsp3) is 0.400. The first kappa shape index (κ1) is 18.2. The largest absolute Gasteiger partial charge is 0.497 e. The fourth-order valence-corrected chi connectivity index (χ4v) is 4.31. The summed E-state index contributed by atoms with van der Waals surface area (Å²) in [5, 5.41) is 6.80. The number of morpholine rings is 1. The molecule has 27 heavy (non-hydrogen) atoms. The lowest BCUT2D eigenvalue weighted by atomic mass is 10.1. The van der Waals surface area contributed by atoms with E-state index in [-0.39, 0.29) is 0 Å². The number of aromatic nitrogens is 2. The van der Waals surface area contributed by atoms with E-state index in [4.69, 9.17) is 14.5 Å². The number of aryl methyl sites for hydroxylation is 1. The summed E-state index contributed by atoms with van der Waals surface area (Å²) in [6.45, 7) is 7.41. The third-order valence-corrected chi connectivity index (χ3v) is 5.64. The van der Waals surface area contributed by atoms with Crippen LogP contribution < -0.4 is 10.1 Å². The second kappa shape index (κ2) is 8.21. The molecule has 142 valence electrons. The zero-order valence-corrected chi connectivity index (χ0v) is 16.5. The van der Waals surface area contributed by atoms with Crippen LogP contribution >= 0.6 is 11.3 Å². The molecule has 1 N–H and O–H groups in total. The van der Waals surface area contributed by atoms with Gasteiger partial charge in [-0.2, -0.15) is 0 Å². The van der Waals surface area contributed by atoms with Crippen molar-refractivity contribution in [1.29, 1.82) is 0 Å². The Morgan fingerprint density at radius 1 is 1.19 bits per heavy atom. The minimum absolute atomic E-state index is 0.791. The number of rotatable bonds is 6. The van der Waals surface area contributed by atoms with Crippen molar-refractivity contribution in [2.75, 3.05) is 51.8 Å². The van der Waals surface area contributed by atoms with Crippen LogP contribution in [-0.4, -0.2) is 61.4 Å². The normalized spacial score (nSPS) is 15.2. The van der Waals surface area contributed by atoms with Crippen molar-refractivity contribution in [3.63, 3.8) is 0 Å². The summed E-state index contributed by atoms with van der Waals surface area (Å²) in [7, 11) is 1.68. The number of anilines is 1. The van der Waals surface area contributed by atoms with Gasteiger partial charge in [0.15, 0.2) is 0 Å². The van der Waals surface area contributed by atoms with Gasteiger partial charge in [-0.05, 0) is 24.6 Å². The van der Waals surface area contributed by atoms with Gasteiger partial charge in [0.2, 0.25) is 0 Å². The molecular formula is C20H24N4O2S. The Hall–Kier alpha value is -2.22. The number of methoxy groups -OCH3 is 1. The van der Waals surface area contributed by atoms with E-state index >= 15 is 0 Å². The highest BCUT2D eigenvalue weighted by atomic mass is 32.1. The Bertz CT molecular complexity index is 904. The molecule has 2 aromatic heterocycles. The molecule has 1 aliphatic heterocycles. The molecule has 6 nitrogen and oxygen atoms in total. The van der Waals surface area contributed by atoms with E-state index in [1.165, 1.54) is 0 Å². The Labute approximate surface area is 163 Å². The van der Waals surface area contributed by atoms with Crippen LogP contribution in [0.3, 0.4) is 0 Å². The van der Waals surface area contributed by atoms with Crippen LogP contribution in [0.25, 0.3) is 21.3 Å². The van der Waals surface area contributed by atoms with Crippen LogP contribution in [0, 0.1) is 6.92 Å². The van der Waals surface area contributed by atoms with Gasteiger partial charge >= 0.3 is 0 Å². The maximum atomic E-state index is 5.42. The van der Waals surface area contributed by atoms with E-state index in [2.05, 4.69) is 32.7 Å². The average Bonchev–Trinajstić information content (AvgIpc) is 3.12. The van der Waals surface area contributed by atoms with Gasteiger partial charge in [0, 0.05) is 37.1 Å². The molecule has 0 unspecified atom stereocenters. The molecule has 0 amide bonds. The summed E-state index contributed by atoms with van der Waals surface area (Å²) in [5.74, 6) is 2.56. The zero-order chi connectivity index (χ0) is 18.6. The van der Waals surface area contributed by atoms with Gasteiger partial charge in [-0.3, -0.25) is 4.90 Å². The van der Waals surface area contributed by atoms with Crippen molar-refractivity contribution >= 4 is 27.4 Å². The van der Waals surface area contributed by atoms with Crippen molar-refractivity contribution < 1.29 is 9.47 Å². The van der Waals surface area contributed by atoms with Crippen molar-refractivity contribution in [2.24, 2.45) is 0 Å². The van der Waals surface area contributed by atoms with Crippen molar-refractivity contribution in [3.8, 4) is 16.9 Å². The topological polar surface area (TPSA) is 59.5 Å². The predicted octanol–water partition coefficient (Wildman–Crippen LogP) is 3.42. The molecule has 0 bridgehead atoms. The maximum absolute atomic E-state index is 5.42. The Balaban J connectivity index is 1.59. The molecule has 4 rings (SSSR count). The number of hydrogen-bond acceptors (Lipinski definition) is 7. The molecule has 1 saturated heterocycles. The SMILES string of the molecule is COc1ccc(-c2csc3nc(C)nc(NCCN4CCOCC4)c23)cc1. The van der Waals surface area contributed by atoms with E-state index in [0.29, 0.717) is 0 Å². The number of hydrogen-bond donors (Lipinski definition) is 1. The van der Waals surface area contributed by atoms with Gasteiger partial charge in [-0.15, -0.1) is 11.3 Å². The molecule has 1 fully saturated rings. The molecule has 7 heteroatoms. The number of nitrogens with one attached hydrogen (secondary N) is 1. The molecular weight excluding hydrogens is 360 g/mol. The summed E-state index contributed by atoms with van der Waals surface area (Å²) >= 11 is 1.66. The minimum atomic E-state index is 0.791. The Morgan fingerprint density at radius 2 is 1.96 bits per heavy atom. The van der Waals surface area contributed by atoms with Crippen LogP contribution in [0.4, 0.5) is 5.82 Å². The number of fused-ring (bicyclic) bond motifs is 1. The summed E-state index contributed by atoms with van der Waals surface area (Å²) in [6, 6.07) is 8.13. The number of ether oxygens (including phenoxy) is 2. The second-order valence-electron chi connectivity index (χ2n) is 6.56. The second-order valence-corrected chi connectivity index (χ2v) is 7.42. The van der Waals surface area contributed by atoms with E-state index in [0.717, 1.165) is 78.1 Å². The standard InChI is InChI=1S/C20H24N4O2S/c1-14-22-19(21-7-8-24-9-11-26-12-10-24)18-17(13-27-20(18)23-14)15-3-5-16(25-2)6-4-15/h3-6,13H,7-12H2,1-2H3,(H,21,22,23). The third-order valence-electron chi connectivity index (χ3n) is 4.77. The summed E-state index contributed by atoms with van der Waals surface area (Å²) in [5.41, 5.74) is 2.30. The molecule has 1 aliphatic rings. The molecule has 0 aliphatic carbocycles. The van der Waals surface area contributed by atoms with Crippen molar-refractivity contribution in [2.45, 2.75) is 6.92 Å². The highest BCUT2D eigenvalue weighted by molar-refractivity contribution is 7.17. The van der Waals surface area contributed by atoms with Gasteiger partial charge in [-0.1, -0.05) is 12.1 Å². The van der Waals surface area contributed by atoms with Crippen LogP contribution in [0.15, 0.2) is 29.6 Å². The molecule has 0 atom stereocenters. The first-order valence-electron chi connectivity index (χ1n) is 9.19. The lowest BCUT2D eigenvalue weighted by Gasteiger charge is -2.26. The zero-order valence-electron chi connectivity index (χ0n) is 15.7. The van der Waals surface area contributed by atoms with Crippen LogP contribution in [0.5, 0.6) is 5.75 Å². The van der Waals surface area contributed by atoms with Gasteiger partial charge in [0.05, 0.1) is 25.7 Å². The molecule has 0 saturated carbocycles. The Morgan fingerprint density at radius 3 is 2.70 bits per heavy atom. The van der Waals surface area contributed by atoms with Crippen LogP contribution in [0.2, 0.25) is 0 Å². The first-order valence-corrected chi connectivity index (χ1v) is 10.1. The number of benzene rings is 1. The monoisotopic (exact) mass is 384 g/mol. The molecule has 0 radical (unpaired) electrons. The summed E-state index contributed by atoms with van der Waals surface area (Å²) in [6.07, 6.45) is 0. The highest BCUT2D eigenvalue weighted by Gasteiger charge is 2.15. The lowest BCUT2D eigenvalue weighted by molar-refractivity contribution is 0.0398. The molecule has 1 aromatic carbocycles. The predicted molar refractivity (Wildman–Crippen MR) is 110 cm³/mol. The van der Waals surface area contributed by atoms with Crippen LogP contribution in [-0.2, 0) is 4.74 Å². The molecule has 3 heterocycles. The van der Waals surface area contributed by atoms with Gasteiger partial charge in [0.25, 0.3) is 0 Å². The van der Waals surface area contributed by atoms with Crippen molar-refractivity contribution in [3.05, 3.63) is 35.5 Å². The summed E-state index contributed by atoms with van der Waals surface area (Å²) < 4.78 is 10.7. The highest BCUT2D eigenvalue weighted by Crippen LogP contribution is 2.37. The van der Waals surface area contributed by atoms with E-state index < -0.39 is 0 Å². The van der Waals surface area contributed by atoms with Gasteiger partial charge in [0.1, 0.15) is 22.2 Å². The fourth-order valence-electron chi connectivity index (χ4n) is 3.32. The van der Waals surface area contributed by atoms with Gasteiger partial charge < -0.3 is 14.8 Å². The maximum Gasteiger partial charge on any atom is 0.139 e. The minimum Gasteiger partial charge on any atom is -0.497 e. The molecule has 0 spiro atoms. The van der Waals surface area contributed by atoms with Crippen LogP contribution in [0.1, 0.15) is 5.82 Å². The van der Waals surface area contributed by atoms with E-state index in [1.807, 2.05) is 19.1 Å². The lowest BCUT2D eigenvalue weighted by Crippen LogP contribution is -2.39. The number of nitrogens with zero attached hydrogens (tertiary/aromatic N) is 3. The quantitative estimate of drug-likeness (QED) is 0.703. The third kappa shape index (κ3) is 4.05. The number of thiophene rings is 1. The van der Waals surface area contributed by atoms with E-state index in [1.54, 1.807) is 18.4 Å². The molecule has 3 aromatic rings. The van der Waals surface area contributed by atoms with E-state index in [9.17, 15) is 0 Å². The smallest absolute Gasteiger partial charge is 0.139 e. The summed E-state index contributed by atoms with van der Waals surface area (Å²) in [4.78, 5) is 12.8. The average molecular weight is 385 g/mol. The van der Waals surface area contributed by atoms with Gasteiger partial charge in [-0.25, -0.2) is 9.97 Å². The van der Waals surface area contributed by atoms with Crippen molar-refractivity contribution in [1.82, 2.24) is 14.9 Å².